The van der Waals surface area contributed by atoms with Gasteiger partial charge in [-0.2, -0.15) is 0 Å². The number of halogens is 2. The molecule has 0 unspecified atom stereocenters. The molecule has 110 valence electrons. The molecule has 0 saturated heterocycles. The second-order valence-corrected chi connectivity index (χ2v) is 4.51. The van der Waals surface area contributed by atoms with Gasteiger partial charge in [0.2, 0.25) is 0 Å². The molecular formula is C15H13ClFNO3. The lowest BCUT2D eigenvalue weighted by molar-refractivity contribution is 0.217. The summed E-state index contributed by atoms with van der Waals surface area (Å²) in [6, 6.07) is 10.7. The number of hydrogen-bond donors (Lipinski definition) is 1. The third-order valence-electron chi connectivity index (χ3n) is 2.59. The van der Waals surface area contributed by atoms with E-state index < -0.39 is 0 Å². The van der Waals surface area contributed by atoms with Gasteiger partial charge in [0, 0.05) is 10.6 Å². The zero-order valence-electron chi connectivity index (χ0n) is 11.0. The van der Waals surface area contributed by atoms with Crippen LogP contribution in [0.2, 0.25) is 5.02 Å². The van der Waals surface area contributed by atoms with Crippen molar-refractivity contribution in [3.63, 3.8) is 0 Å². The van der Waals surface area contributed by atoms with Crippen LogP contribution >= 0.6 is 11.6 Å². The van der Waals surface area contributed by atoms with Crippen LogP contribution in [0.15, 0.2) is 47.6 Å². The van der Waals surface area contributed by atoms with E-state index >= 15 is 0 Å². The Bertz CT molecular complexity index is 617. The Morgan fingerprint density at radius 1 is 1.10 bits per heavy atom. The van der Waals surface area contributed by atoms with Crippen molar-refractivity contribution in [3.8, 4) is 11.5 Å². The lowest BCUT2D eigenvalue weighted by Gasteiger charge is -2.10. The minimum absolute atomic E-state index is 0.283. The van der Waals surface area contributed by atoms with Gasteiger partial charge in [-0.05, 0) is 42.5 Å². The van der Waals surface area contributed by atoms with Crippen molar-refractivity contribution in [2.45, 2.75) is 0 Å². The average molecular weight is 310 g/mol. The molecule has 1 N–H and O–H groups in total. The maximum Gasteiger partial charge on any atom is 0.128 e. The zero-order chi connectivity index (χ0) is 15.1. The highest BCUT2D eigenvalue weighted by Crippen LogP contribution is 2.21. The summed E-state index contributed by atoms with van der Waals surface area (Å²) in [4.78, 5) is 0. The summed E-state index contributed by atoms with van der Waals surface area (Å²) in [5, 5.41) is 12.1. The number of ether oxygens (including phenoxy) is 2. The summed E-state index contributed by atoms with van der Waals surface area (Å²) in [6.07, 6.45) is 1.24. The van der Waals surface area contributed by atoms with Crippen LogP contribution in [0.5, 0.6) is 11.5 Å². The Morgan fingerprint density at radius 3 is 2.52 bits per heavy atom. The van der Waals surface area contributed by atoms with Gasteiger partial charge in [-0.3, -0.25) is 0 Å². The van der Waals surface area contributed by atoms with Gasteiger partial charge in [0.25, 0.3) is 0 Å². The second kappa shape index (κ2) is 7.50. The fourth-order valence-corrected chi connectivity index (χ4v) is 1.84. The summed E-state index contributed by atoms with van der Waals surface area (Å²) < 4.78 is 23.7. The van der Waals surface area contributed by atoms with Crippen LogP contribution in [0.3, 0.4) is 0 Å². The molecule has 0 bridgehead atoms. The second-order valence-electron chi connectivity index (χ2n) is 4.08. The van der Waals surface area contributed by atoms with Crippen LogP contribution < -0.4 is 9.47 Å². The standard InChI is InChI=1S/C15H13ClFNO3/c16-12-1-6-15(11(9-12)10-18-19)21-8-7-20-14-4-2-13(17)3-5-14/h1-6,9-10,19H,7-8H2. The van der Waals surface area contributed by atoms with Gasteiger partial charge in [-0.1, -0.05) is 16.8 Å². The van der Waals surface area contributed by atoms with Gasteiger partial charge in [0.1, 0.15) is 30.5 Å². The van der Waals surface area contributed by atoms with Crippen molar-refractivity contribution >= 4 is 17.8 Å². The Kier molecular flexibility index (Phi) is 5.40. The fourth-order valence-electron chi connectivity index (χ4n) is 1.66. The van der Waals surface area contributed by atoms with Crippen molar-refractivity contribution in [2.75, 3.05) is 13.2 Å². The SMILES string of the molecule is ON=Cc1cc(Cl)ccc1OCCOc1ccc(F)cc1. The number of nitrogens with zero attached hydrogens (tertiary/aromatic N) is 1. The van der Waals surface area contributed by atoms with Crippen molar-refractivity contribution < 1.29 is 19.1 Å². The Labute approximate surface area is 126 Å². The van der Waals surface area contributed by atoms with Crippen molar-refractivity contribution in [1.82, 2.24) is 0 Å². The molecule has 2 aromatic rings. The largest absolute Gasteiger partial charge is 0.490 e. The molecule has 6 heteroatoms. The molecule has 0 spiro atoms. The Hall–Kier alpha value is -2.27. The maximum absolute atomic E-state index is 12.7. The fraction of sp³-hybridized carbons (Fsp3) is 0.133. The first-order valence-corrected chi connectivity index (χ1v) is 6.55. The van der Waals surface area contributed by atoms with Crippen LogP contribution in [0.4, 0.5) is 4.39 Å². The number of oxime groups is 1. The lowest BCUT2D eigenvalue weighted by Crippen LogP contribution is -2.10. The molecule has 2 rings (SSSR count). The molecule has 0 saturated carbocycles. The third kappa shape index (κ3) is 4.65. The molecular weight excluding hydrogens is 297 g/mol. The summed E-state index contributed by atoms with van der Waals surface area (Å²) >= 11 is 5.85. The van der Waals surface area contributed by atoms with E-state index in [2.05, 4.69) is 5.16 Å². The Morgan fingerprint density at radius 2 is 1.81 bits per heavy atom. The van der Waals surface area contributed by atoms with E-state index in [4.69, 9.17) is 26.3 Å². The van der Waals surface area contributed by atoms with Crippen LogP contribution in [-0.4, -0.2) is 24.6 Å². The number of benzene rings is 2. The highest BCUT2D eigenvalue weighted by Gasteiger charge is 2.03. The molecule has 21 heavy (non-hydrogen) atoms. The summed E-state index contributed by atoms with van der Waals surface area (Å²) in [6.45, 7) is 0.579. The quantitative estimate of drug-likeness (QED) is 0.383. The summed E-state index contributed by atoms with van der Waals surface area (Å²) in [5.41, 5.74) is 0.562. The first kappa shape index (κ1) is 15.1. The number of hydrogen-bond acceptors (Lipinski definition) is 4. The first-order valence-electron chi connectivity index (χ1n) is 6.17. The Balaban J connectivity index is 1.87. The highest BCUT2D eigenvalue weighted by atomic mass is 35.5. The maximum atomic E-state index is 12.7. The van der Waals surface area contributed by atoms with Crippen molar-refractivity contribution in [2.24, 2.45) is 5.16 Å². The molecule has 0 aliphatic heterocycles. The minimum atomic E-state index is -0.312. The van der Waals surface area contributed by atoms with E-state index in [1.54, 1.807) is 30.3 Å². The van der Waals surface area contributed by atoms with E-state index in [0.29, 0.717) is 28.7 Å². The van der Waals surface area contributed by atoms with Crippen LogP contribution in [-0.2, 0) is 0 Å². The number of rotatable bonds is 6. The van der Waals surface area contributed by atoms with Gasteiger partial charge in [0.15, 0.2) is 0 Å². The van der Waals surface area contributed by atoms with E-state index in [1.807, 2.05) is 0 Å². The molecule has 0 heterocycles. The molecule has 2 aromatic carbocycles. The predicted molar refractivity (Wildman–Crippen MR) is 78.2 cm³/mol. The molecule has 0 aliphatic carbocycles. The van der Waals surface area contributed by atoms with E-state index in [9.17, 15) is 4.39 Å². The van der Waals surface area contributed by atoms with Gasteiger partial charge in [0.05, 0.1) is 6.21 Å². The molecule has 0 aromatic heterocycles. The van der Waals surface area contributed by atoms with Crippen LogP contribution in [0.25, 0.3) is 0 Å². The highest BCUT2D eigenvalue weighted by molar-refractivity contribution is 6.30. The normalized spacial score (nSPS) is 10.8. The van der Waals surface area contributed by atoms with Gasteiger partial charge in [-0.25, -0.2) is 4.39 Å². The molecule has 0 aliphatic rings. The van der Waals surface area contributed by atoms with Crippen LogP contribution in [0.1, 0.15) is 5.56 Å². The van der Waals surface area contributed by atoms with Crippen molar-refractivity contribution in [1.29, 1.82) is 0 Å². The summed E-state index contributed by atoms with van der Waals surface area (Å²) in [7, 11) is 0. The van der Waals surface area contributed by atoms with Gasteiger partial charge >= 0.3 is 0 Å². The molecule has 0 radical (unpaired) electrons. The topological polar surface area (TPSA) is 51.1 Å². The molecule has 4 nitrogen and oxygen atoms in total. The lowest BCUT2D eigenvalue weighted by atomic mass is 10.2. The van der Waals surface area contributed by atoms with E-state index in [1.165, 1.54) is 18.3 Å². The van der Waals surface area contributed by atoms with Crippen LogP contribution in [0, 0.1) is 5.82 Å². The van der Waals surface area contributed by atoms with Crippen molar-refractivity contribution in [3.05, 3.63) is 58.9 Å². The third-order valence-corrected chi connectivity index (χ3v) is 2.83. The minimum Gasteiger partial charge on any atom is -0.490 e. The predicted octanol–water partition coefficient (Wildman–Crippen LogP) is 3.75. The van der Waals surface area contributed by atoms with Gasteiger partial charge < -0.3 is 14.7 Å². The van der Waals surface area contributed by atoms with Gasteiger partial charge in [-0.15, -0.1) is 0 Å². The molecule has 0 atom stereocenters. The zero-order valence-corrected chi connectivity index (χ0v) is 11.8. The van der Waals surface area contributed by atoms with E-state index in [0.717, 1.165) is 0 Å². The summed E-state index contributed by atoms with van der Waals surface area (Å²) in [5.74, 6) is 0.779. The smallest absolute Gasteiger partial charge is 0.128 e. The first-order chi connectivity index (χ1) is 10.2. The monoisotopic (exact) mass is 309 g/mol. The average Bonchev–Trinajstić information content (AvgIpc) is 2.48. The molecule has 0 fully saturated rings. The molecule has 0 amide bonds. The van der Waals surface area contributed by atoms with E-state index in [-0.39, 0.29) is 12.4 Å².